The number of nitrogens with one attached hydrogen (secondary N) is 3. The predicted octanol–water partition coefficient (Wildman–Crippen LogP) is -0.676. The Hall–Kier alpha value is -0.480. The smallest absolute Gasteiger partial charge is 0.227 e. The van der Waals surface area contributed by atoms with Gasteiger partial charge in [0.2, 0.25) is 5.91 Å². The van der Waals surface area contributed by atoms with Crippen molar-refractivity contribution < 1.29 is 19.4 Å². The number of hydrazine groups is 1. The van der Waals surface area contributed by atoms with Crippen LogP contribution in [0, 0.1) is 11.8 Å². The highest BCUT2D eigenvalue weighted by atomic mass is 35.5. The van der Waals surface area contributed by atoms with E-state index in [4.69, 9.17) is 21.1 Å². The summed E-state index contributed by atoms with van der Waals surface area (Å²) in [4.78, 5) is 12.7. The Labute approximate surface area is 152 Å². The minimum absolute atomic E-state index is 0.00522. The van der Waals surface area contributed by atoms with Gasteiger partial charge in [-0.2, -0.15) is 5.01 Å². The van der Waals surface area contributed by atoms with Crippen LogP contribution in [0.15, 0.2) is 0 Å². The van der Waals surface area contributed by atoms with Crippen molar-refractivity contribution in [1.29, 1.82) is 0 Å². The number of rotatable bonds is 3. The third-order valence-electron chi connectivity index (χ3n) is 5.96. The highest BCUT2D eigenvalue weighted by Crippen LogP contribution is 2.32. The number of fused-ring (bicyclic) bond motifs is 2. The molecule has 3 heterocycles. The highest BCUT2D eigenvalue weighted by Gasteiger charge is 2.48. The fourth-order valence-electron chi connectivity index (χ4n) is 4.40. The van der Waals surface area contributed by atoms with Gasteiger partial charge in [-0.1, -0.05) is 0 Å². The quantitative estimate of drug-likeness (QED) is 0.486. The third kappa shape index (κ3) is 3.41. The molecule has 0 bridgehead atoms. The topological polar surface area (TPSA) is 95.1 Å². The summed E-state index contributed by atoms with van der Waals surface area (Å²) in [6, 6.07) is -0.0668. The van der Waals surface area contributed by atoms with Crippen LogP contribution in [0.25, 0.3) is 0 Å². The molecule has 3 aliphatic heterocycles. The van der Waals surface area contributed by atoms with Gasteiger partial charge in [-0.15, -0.1) is 11.6 Å². The second kappa shape index (κ2) is 7.26. The minimum atomic E-state index is -0.810. The molecule has 142 valence electrons. The van der Waals surface area contributed by atoms with Crippen molar-refractivity contribution >= 4 is 17.5 Å². The molecule has 0 spiro atoms. The molecular weight excluding hydrogens is 348 g/mol. The van der Waals surface area contributed by atoms with Crippen LogP contribution >= 0.6 is 11.6 Å². The van der Waals surface area contributed by atoms with Crippen molar-refractivity contribution in [3.05, 3.63) is 0 Å². The van der Waals surface area contributed by atoms with Gasteiger partial charge in [0.1, 0.15) is 13.0 Å². The molecule has 3 saturated heterocycles. The Morgan fingerprint density at radius 2 is 2.16 bits per heavy atom. The highest BCUT2D eigenvalue weighted by molar-refractivity contribution is 6.21. The van der Waals surface area contributed by atoms with Crippen molar-refractivity contribution in [2.24, 2.45) is 11.8 Å². The molecule has 0 aromatic heterocycles. The maximum atomic E-state index is 12.7. The second-order valence-electron chi connectivity index (χ2n) is 7.59. The monoisotopic (exact) mass is 374 g/mol. The maximum absolute atomic E-state index is 12.7. The second-order valence-corrected chi connectivity index (χ2v) is 8.09. The first-order valence-corrected chi connectivity index (χ1v) is 9.59. The lowest BCUT2D eigenvalue weighted by atomic mass is 9.85. The molecular formula is C16H27ClN4O4. The number of nitrogens with zero attached hydrogens (tertiary/aromatic N) is 1. The molecule has 8 atom stereocenters. The fourth-order valence-corrected chi connectivity index (χ4v) is 4.59. The summed E-state index contributed by atoms with van der Waals surface area (Å²) < 4.78 is 11.1. The number of hydrogen-bond donors (Lipinski definition) is 4. The van der Waals surface area contributed by atoms with Crippen LogP contribution in [0.3, 0.4) is 0 Å². The van der Waals surface area contributed by atoms with Crippen LogP contribution in [0.4, 0.5) is 0 Å². The van der Waals surface area contributed by atoms with Crippen LogP contribution in [0.2, 0.25) is 0 Å². The zero-order valence-corrected chi connectivity index (χ0v) is 15.1. The number of amides is 1. The molecule has 4 rings (SSSR count). The van der Waals surface area contributed by atoms with Gasteiger partial charge in [0, 0.05) is 19.1 Å². The lowest BCUT2D eigenvalue weighted by Crippen LogP contribution is -2.66. The minimum Gasteiger partial charge on any atom is -0.375 e. The summed E-state index contributed by atoms with van der Waals surface area (Å²) in [7, 11) is 0. The van der Waals surface area contributed by atoms with Crippen molar-refractivity contribution in [3.63, 3.8) is 0 Å². The summed E-state index contributed by atoms with van der Waals surface area (Å²) >= 11 is 6.20. The molecule has 9 heteroatoms. The summed E-state index contributed by atoms with van der Waals surface area (Å²) in [5.74, 6) is 0.169. The van der Waals surface area contributed by atoms with Gasteiger partial charge in [0.05, 0.1) is 29.7 Å². The lowest BCUT2D eigenvalue weighted by Gasteiger charge is -2.42. The van der Waals surface area contributed by atoms with Gasteiger partial charge >= 0.3 is 0 Å². The SMILES string of the molecule is CC1NC2C(C(=O)NCC3CCC4OCOC4C3)CNN2C(O)C1Cl. The van der Waals surface area contributed by atoms with Crippen molar-refractivity contribution in [2.45, 2.75) is 62.2 Å². The number of carbonyl (C=O) groups is 1. The molecule has 1 amide bonds. The molecule has 8 unspecified atom stereocenters. The van der Waals surface area contributed by atoms with Crippen LogP contribution in [-0.2, 0) is 14.3 Å². The number of carbonyl (C=O) groups excluding carboxylic acids is 1. The number of halogens is 1. The molecule has 0 radical (unpaired) electrons. The maximum Gasteiger partial charge on any atom is 0.227 e. The molecule has 1 saturated carbocycles. The van der Waals surface area contributed by atoms with E-state index in [2.05, 4.69) is 16.1 Å². The van der Waals surface area contributed by atoms with E-state index in [1.165, 1.54) is 0 Å². The molecule has 0 aromatic carbocycles. The number of hydrogen-bond acceptors (Lipinski definition) is 7. The fraction of sp³-hybridized carbons (Fsp3) is 0.938. The van der Waals surface area contributed by atoms with E-state index in [9.17, 15) is 9.90 Å². The lowest BCUT2D eigenvalue weighted by molar-refractivity contribution is -0.129. The third-order valence-corrected chi connectivity index (χ3v) is 6.56. The van der Waals surface area contributed by atoms with Crippen LogP contribution < -0.4 is 16.1 Å². The molecule has 4 N–H and O–H groups in total. The summed E-state index contributed by atoms with van der Waals surface area (Å²) in [5, 5.41) is 17.9. The van der Waals surface area contributed by atoms with Crippen molar-refractivity contribution in [1.82, 2.24) is 21.1 Å². The largest absolute Gasteiger partial charge is 0.375 e. The van der Waals surface area contributed by atoms with Gasteiger partial charge in [0.15, 0.2) is 0 Å². The van der Waals surface area contributed by atoms with Crippen LogP contribution in [0.5, 0.6) is 0 Å². The first kappa shape index (κ1) is 17.9. The van der Waals surface area contributed by atoms with E-state index in [1.54, 1.807) is 5.01 Å². The summed E-state index contributed by atoms with van der Waals surface area (Å²) in [6.45, 7) is 3.47. The number of aliphatic hydroxyl groups excluding tert-OH is 1. The molecule has 4 aliphatic rings. The van der Waals surface area contributed by atoms with Gasteiger partial charge in [-0.05, 0) is 32.1 Å². The summed E-state index contributed by atoms with van der Waals surface area (Å²) in [6.07, 6.45) is 2.33. The average molecular weight is 375 g/mol. The molecule has 25 heavy (non-hydrogen) atoms. The molecule has 1 aliphatic carbocycles. The van der Waals surface area contributed by atoms with Gasteiger partial charge in [-0.25, -0.2) is 0 Å². The Morgan fingerprint density at radius 1 is 1.36 bits per heavy atom. The zero-order valence-electron chi connectivity index (χ0n) is 14.4. The number of alkyl halides is 1. The van der Waals surface area contributed by atoms with Gasteiger partial charge < -0.3 is 19.9 Å². The Kier molecular flexibility index (Phi) is 5.20. The predicted molar refractivity (Wildman–Crippen MR) is 90.3 cm³/mol. The van der Waals surface area contributed by atoms with Crippen molar-refractivity contribution in [3.8, 4) is 0 Å². The normalized spacial score (nSPS) is 47.3. The van der Waals surface area contributed by atoms with E-state index in [-0.39, 0.29) is 36.2 Å². The standard InChI is InChI=1S/C16H27ClN4O4/c1-8-13(17)16(23)21-14(20-8)10(6-19-21)15(22)18-5-9-2-3-11-12(4-9)25-7-24-11/h8-14,16,19-20,23H,2-7H2,1H3,(H,18,22). The first-order chi connectivity index (χ1) is 12.0. The molecule has 0 aromatic rings. The van der Waals surface area contributed by atoms with Crippen LogP contribution in [-0.4, -0.2) is 71.9 Å². The van der Waals surface area contributed by atoms with E-state index in [0.29, 0.717) is 25.8 Å². The Bertz CT molecular complexity index is 513. The van der Waals surface area contributed by atoms with E-state index < -0.39 is 11.6 Å². The Balaban J connectivity index is 1.30. The van der Waals surface area contributed by atoms with E-state index in [1.807, 2.05) is 6.92 Å². The molecule has 4 fully saturated rings. The zero-order chi connectivity index (χ0) is 17.6. The summed E-state index contributed by atoms with van der Waals surface area (Å²) in [5.41, 5.74) is 3.10. The number of aliphatic hydroxyl groups is 1. The van der Waals surface area contributed by atoms with E-state index in [0.717, 1.165) is 19.3 Å². The van der Waals surface area contributed by atoms with Crippen LogP contribution in [0.1, 0.15) is 26.2 Å². The number of ether oxygens (including phenoxy) is 2. The first-order valence-electron chi connectivity index (χ1n) is 9.15. The van der Waals surface area contributed by atoms with E-state index >= 15 is 0 Å². The molecule has 8 nitrogen and oxygen atoms in total. The Morgan fingerprint density at radius 3 is 3.00 bits per heavy atom. The van der Waals surface area contributed by atoms with Gasteiger partial charge in [0.25, 0.3) is 0 Å². The van der Waals surface area contributed by atoms with Gasteiger partial charge in [-0.3, -0.25) is 15.5 Å². The van der Waals surface area contributed by atoms with Crippen molar-refractivity contribution in [2.75, 3.05) is 19.9 Å². The average Bonchev–Trinajstić information content (AvgIpc) is 3.23.